The van der Waals surface area contributed by atoms with Gasteiger partial charge in [-0.05, 0) is 26.2 Å². The fourth-order valence-electron chi connectivity index (χ4n) is 3.99. The second-order valence-corrected chi connectivity index (χ2v) is 7.82. The summed E-state index contributed by atoms with van der Waals surface area (Å²) >= 11 is 0. The van der Waals surface area contributed by atoms with Crippen molar-refractivity contribution in [3.8, 4) is 0 Å². The van der Waals surface area contributed by atoms with E-state index in [2.05, 4.69) is 15.5 Å². The third-order valence-electron chi connectivity index (χ3n) is 5.62. The van der Waals surface area contributed by atoms with Crippen LogP contribution in [-0.2, 0) is 9.47 Å². The zero-order chi connectivity index (χ0) is 19.3. The van der Waals surface area contributed by atoms with Crippen molar-refractivity contribution in [2.24, 2.45) is 5.41 Å². The van der Waals surface area contributed by atoms with Crippen LogP contribution in [0.1, 0.15) is 63.7 Å². The molecule has 2 aliphatic rings. The quantitative estimate of drug-likeness (QED) is 0.731. The van der Waals surface area contributed by atoms with Crippen molar-refractivity contribution in [2.45, 2.75) is 51.9 Å². The van der Waals surface area contributed by atoms with Crippen LogP contribution in [0.15, 0.2) is 4.42 Å². The molecule has 1 N–H and O–H groups in total. The third-order valence-corrected chi connectivity index (χ3v) is 5.62. The van der Waals surface area contributed by atoms with Crippen molar-refractivity contribution in [2.75, 3.05) is 46.1 Å². The molecule has 1 unspecified atom stereocenters. The van der Waals surface area contributed by atoms with Gasteiger partial charge in [0.15, 0.2) is 0 Å². The number of nitrogens with one attached hydrogen (secondary N) is 1. The molecule has 2 fully saturated rings. The molecule has 2 amide bonds. The maximum atomic E-state index is 12.7. The van der Waals surface area contributed by atoms with Gasteiger partial charge in [0.25, 0.3) is 0 Å². The number of rotatable bonds is 7. The lowest BCUT2D eigenvalue weighted by molar-refractivity contribution is 0.00997. The van der Waals surface area contributed by atoms with Gasteiger partial charge in [-0.3, -0.25) is 0 Å². The Bertz CT molecular complexity index is 613. The Morgan fingerprint density at radius 3 is 2.81 bits per heavy atom. The normalized spacial score (nSPS) is 21.9. The lowest BCUT2D eigenvalue weighted by atomic mass is 9.72. The predicted octanol–water partition coefficient (Wildman–Crippen LogP) is 2.53. The van der Waals surface area contributed by atoms with E-state index in [-0.39, 0.29) is 23.3 Å². The van der Waals surface area contributed by atoms with Crippen LogP contribution < -0.4 is 5.32 Å². The summed E-state index contributed by atoms with van der Waals surface area (Å²) in [6, 6.07) is -0.0246. The van der Waals surface area contributed by atoms with Gasteiger partial charge in [0.2, 0.25) is 11.8 Å². The van der Waals surface area contributed by atoms with Gasteiger partial charge < -0.3 is 24.1 Å². The van der Waals surface area contributed by atoms with E-state index in [0.29, 0.717) is 57.8 Å². The minimum atomic E-state index is -0.0400. The number of carbonyl (C=O) groups excluding carboxylic acids is 1. The zero-order valence-corrected chi connectivity index (χ0v) is 16.7. The number of nitrogens with zero attached hydrogens (tertiary/aromatic N) is 3. The Labute approximate surface area is 161 Å². The Kier molecular flexibility index (Phi) is 6.70. The highest BCUT2D eigenvalue weighted by atomic mass is 16.5. The molecule has 8 nitrogen and oxygen atoms in total. The molecule has 0 radical (unpaired) electrons. The lowest BCUT2D eigenvalue weighted by Gasteiger charge is -2.36. The molecule has 152 valence electrons. The molecular formula is C19H32N4O4. The molecule has 0 aliphatic carbocycles. The van der Waals surface area contributed by atoms with E-state index in [0.717, 1.165) is 19.3 Å². The van der Waals surface area contributed by atoms with Crippen molar-refractivity contribution >= 4 is 6.03 Å². The first-order valence-corrected chi connectivity index (χ1v) is 10.1. The van der Waals surface area contributed by atoms with Crippen LogP contribution in [0, 0.1) is 5.41 Å². The first-order chi connectivity index (χ1) is 13.1. The van der Waals surface area contributed by atoms with E-state index in [9.17, 15) is 4.79 Å². The summed E-state index contributed by atoms with van der Waals surface area (Å²) in [7, 11) is 0. The highest BCUT2D eigenvalue weighted by Gasteiger charge is 2.51. The van der Waals surface area contributed by atoms with Crippen LogP contribution in [0.4, 0.5) is 4.79 Å². The van der Waals surface area contributed by atoms with Gasteiger partial charge >= 0.3 is 6.03 Å². The van der Waals surface area contributed by atoms with Gasteiger partial charge in [-0.15, -0.1) is 10.2 Å². The highest BCUT2D eigenvalue weighted by Crippen LogP contribution is 2.49. The molecule has 0 bridgehead atoms. The summed E-state index contributed by atoms with van der Waals surface area (Å²) in [6.45, 7) is 10.8. The number of urea groups is 1. The summed E-state index contributed by atoms with van der Waals surface area (Å²) < 4.78 is 16.9. The number of ether oxygens (including phenoxy) is 2. The van der Waals surface area contributed by atoms with Crippen molar-refractivity contribution in [1.82, 2.24) is 20.4 Å². The molecule has 1 aromatic rings. The molecule has 0 saturated carbocycles. The monoisotopic (exact) mass is 380 g/mol. The minimum absolute atomic E-state index is 0.0246. The molecule has 2 aliphatic heterocycles. The van der Waals surface area contributed by atoms with Gasteiger partial charge in [0.05, 0.1) is 5.92 Å². The summed E-state index contributed by atoms with van der Waals surface area (Å²) in [5, 5.41) is 11.5. The van der Waals surface area contributed by atoms with E-state index < -0.39 is 0 Å². The first-order valence-electron chi connectivity index (χ1n) is 10.1. The topological polar surface area (TPSA) is 89.7 Å². The molecule has 0 aromatic carbocycles. The molecule has 1 aromatic heterocycles. The lowest BCUT2D eigenvalue weighted by Crippen LogP contribution is -2.41. The highest BCUT2D eigenvalue weighted by molar-refractivity contribution is 5.74. The molecular weight excluding hydrogens is 348 g/mol. The van der Waals surface area contributed by atoms with E-state index in [1.54, 1.807) is 0 Å². The van der Waals surface area contributed by atoms with Crippen molar-refractivity contribution in [1.29, 1.82) is 0 Å². The SMILES string of the molecule is CCOCCCNC(=O)N1CC(c2nnc(C(C)C)o2)C2(CCOCC2)C1. The zero-order valence-electron chi connectivity index (χ0n) is 16.7. The summed E-state index contributed by atoms with van der Waals surface area (Å²) in [4.78, 5) is 14.6. The molecule has 1 atom stereocenters. The molecule has 27 heavy (non-hydrogen) atoms. The van der Waals surface area contributed by atoms with Crippen LogP contribution in [-0.4, -0.2) is 67.2 Å². The summed E-state index contributed by atoms with van der Waals surface area (Å²) in [5.74, 6) is 1.58. The molecule has 3 heterocycles. The van der Waals surface area contributed by atoms with Gasteiger partial charge in [0.1, 0.15) is 0 Å². The second-order valence-electron chi connectivity index (χ2n) is 7.82. The van der Waals surface area contributed by atoms with E-state index in [1.807, 2.05) is 25.7 Å². The standard InChI is InChI=1S/C19H32N4O4/c1-4-25-9-5-8-20-18(24)23-12-15(17-22-21-16(27-17)14(2)3)19(13-23)6-10-26-11-7-19/h14-15H,4-13H2,1-3H3,(H,20,24). The minimum Gasteiger partial charge on any atom is -0.425 e. The van der Waals surface area contributed by atoms with Crippen molar-refractivity contribution < 1.29 is 18.7 Å². The second kappa shape index (κ2) is 9.01. The molecule has 2 saturated heterocycles. The fraction of sp³-hybridized carbons (Fsp3) is 0.842. The maximum absolute atomic E-state index is 12.7. The van der Waals surface area contributed by atoms with Crippen LogP contribution in [0.5, 0.6) is 0 Å². The van der Waals surface area contributed by atoms with Gasteiger partial charge in [-0.2, -0.15) is 0 Å². The summed E-state index contributed by atoms with van der Waals surface area (Å²) in [6.07, 6.45) is 2.63. The smallest absolute Gasteiger partial charge is 0.317 e. The molecule has 3 rings (SSSR count). The van der Waals surface area contributed by atoms with E-state index in [4.69, 9.17) is 13.9 Å². The number of hydrogen-bond donors (Lipinski definition) is 1. The number of amides is 2. The van der Waals surface area contributed by atoms with Crippen LogP contribution >= 0.6 is 0 Å². The van der Waals surface area contributed by atoms with Gasteiger partial charge in [-0.25, -0.2) is 4.79 Å². The Morgan fingerprint density at radius 2 is 2.15 bits per heavy atom. The molecule has 8 heteroatoms. The van der Waals surface area contributed by atoms with E-state index >= 15 is 0 Å². The maximum Gasteiger partial charge on any atom is 0.317 e. The number of aromatic nitrogens is 2. The van der Waals surface area contributed by atoms with Crippen molar-refractivity contribution in [3.63, 3.8) is 0 Å². The Balaban J connectivity index is 1.67. The van der Waals surface area contributed by atoms with Crippen LogP contribution in [0.3, 0.4) is 0 Å². The Hall–Kier alpha value is -1.67. The summed E-state index contributed by atoms with van der Waals surface area (Å²) in [5.41, 5.74) is -0.0400. The Morgan fingerprint density at radius 1 is 1.37 bits per heavy atom. The van der Waals surface area contributed by atoms with Gasteiger partial charge in [0, 0.05) is 57.4 Å². The number of carbonyl (C=O) groups is 1. The largest absolute Gasteiger partial charge is 0.425 e. The number of likely N-dealkylation sites (tertiary alicyclic amines) is 1. The fourth-order valence-corrected chi connectivity index (χ4v) is 3.99. The van der Waals surface area contributed by atoms with E-state index in [1.165, 1.54) is 0 Å². The average molecular weight is 380 g/mol. The average Bonchev–Trinajstić information content (AvgIpc) is 3.27. The van der Waals surface area contributed by atoms with Gasteiger partial charge in [-0.1, -0.05) is 13.8 Å². The number of hydrogen-bond acceptors (Lipinski definition) is 6. The predicted molar refractivity (Wildman–Crippen MR) is 99.7 cm³/mol. The molecule has 1 spiro atoms. The van der Waals surface area contributed by atoms with Crippen LogP contribution in [0.25, 0.3) is 0 Å². The van der Waals surface area contributed by atoms with Crippen LogP contribution in [0.2, 0.25) is 0 Å². The van der Waals surface area contributed by atoms with Crippen molar-refractivity contribution in [3.05, 3.63) is 11.8 Å². The third kappa shape index (κ3) is 4.60. The first kappa shape index (κ1) is 20.1.